The second-order valence-corrected chi connectivity index (χ2v) is 4.69. The Morgan fingerprint density at radius 2 is 2.32 bits per heavy atom. The Labute approximate surface area is 110 Å². The molecular formula is C12H15BN2O4. The van der Waals surface area contributed by atoms with Crippen molar-refractivity contribution in [3.05, 3.63) is 18.3 Å². The van der Waals surface area contributed by atoms with Gasteiger partial charge in [-0.15, -0.1) is 0 Å². The molecule has 3 heterocycles. The number of nitrogens with zero attached hydrogens (tertiary/aromatic N) is 2. The molecule has 1 aliphatic rings. The van der Waals surface area contributed by atoms with E-state index in [1.165, 1.54) is 0 Å². The van der Waals surface area contributed by atoms with Crippen molar-refractivity contribution in [2.45, 2.75) is 13.0 Å². The summed E-state index contributed by atoms with van der Waals surface area (Å²) in [5, 5.41) is 19.2. The summed E-state index contributed by atoms with van der Waals surface area (Å²) in [5.41, 5.74) is 0.733. The summed E-state index contributed by atoms with van der Waals surface area (Å²) in [6.45, 7) is 4.15. The van der Waals surface area contributed by atoms with Crippen LogP contribution in [-0.2, 0) is 4.74 Å². The van der Waals surface area contributed by atoms with Crippen molar-refractivity contribution in [3.8, 4) is 0 Å². The average Bonchev–Trinajstić information content (AvgIpc) is 2.83. The van der Waals surface area contributed by atoms with Crippen molar-refractivity contribution in [2.24, 2.45) is 0 Å². The van der Waals surface area contributed by atoms with Crippen LogP contribution in [0, 0.1) is 0 Å². The predicted octanol–water partition coefficient (Wildman–Crippen LogP) is -0.267. The van der Waals surface area contributed by atoms with E-state index < -0.39 is 7.12 Å². The van der Waals surface area contributed by atoms with E-state index in [2.05, 4.69) is 16.8 Å². The van der Waals surface area contributed by atoms with Gasteiger partial charge in [-0.25, -0.2) is 4.98 Å². The number of furan rings is 1. The first-order chi connectivity index (χ1) is 9.16. The first-order valence-corrected chi connectivity index (χ1v) is 6.26. The summed E-state index contributed by atoms with van der Waals surface area (Å²) in [5.74, 6) is 0.795. The van der Waals surface area contributed by atoms with Crippen molar-refractivity contribution in [2.75, 3.05) is 24.7 Å². The van der Waals surface area contributed by atoms with Gasteiger partial charge in [-0.2, -0.15) is 0 Å². The number of anilines is 1. The van der Waals surface area contributed by atoms with Crippen LogP contribution in [0.1, 0.15) is 6.92 Å². The minimum Gasteiger partial charge on any atom is -0.464 e. The zero-order valence-electron chi connectivity index (χ0n) is 10.6. The van der Waals surface area contributed by atoms with Gasteiger partial charge in [0.1, 0.15) is 17.1 Å². The van der Waals surface area contributed by atoms with Gasteiger partial charge in [-0.1, -0.05) is 0 Å². The van der Waals surface area contributed by atoms with Crippen molar-refractivity contribution >= 4 is 29.6 Å². The molecule has 1 atom stereocenters. The van der Waals surface area contributed by atoms with Gasteiger partial charge in [0.2, 0.25) is 0 Å². The summed E-state index contributed by atoms with van der Waals surface area (Å²) in [6.07, 6.45) is 1.66. The smallest absolute Gasteiger partial charge is 0.464 e. The fraction of sp³-hybridized carbons (Fsp3) is 0.417. The third-order valence-corrected chi connectivity index (χ3v) is 3.34. The highest BCUT2D eigenvalue weighted by molar-refractivity contribution is 6.57. The van der Waals surface area contributed by atoms with Crippen molar-refractivity contribution in [3.63, 3.8) is 0 Å². The number of hydrogen-bond donors (Lipinski definition) is 2. The van der Waals surface area contributed by atoms with Crippen LogP contribution in [0.25, 0.3) is 11.0 Å². The first kappa shape index (κ1) is 12.5. The lowest BCUT2D eigenvalue weighted by molar-refractivity contribution is 0.0987. The summed E-state index contributed by atoms with van der Waals surface area (Å²) in [7, 11) is -1.61. The highest BCUT2D eigenvalue weighted by atomic mass is 16.5. The molecule has 0 aliphatic carbocycles. The van der Waals surface area contributed by atoms with Crippen LogP contribution < -0.4 is 10.6 Å². The van der Waals surface area contributed by atoms with E-state index in [1.807, 2.05) is 0 Å². The lowest BCUT2D eigenvalue weighted by atomic mass is 9.88. The lowest BCUT2D eigenvalue weighted by Crippen LogP contribution is -2.44. The monoisotopic (exact) mass is 262 g/mol. The molecule has 0 bridgehead atoms. The highest BCUT2D eigenvalue weighted by Gasteiger charge is 2.25. The molecule has 19 heavy (non-hydrogen) atoms. The number of aromatic nitrogens is 1. The molecule has 100 valence electrons. The maximum Gasteiger partial charge on any atom is 0.526 e. The van der Waals surface area contributed by atoms with E-state index in [0.717, 1.165) is 17.7 Å². The number of hydrogen-bond acceptors (Lipinski definition) is 6. The fourth-order valence-electron chi connectivity index (χ4n) is 2.37. The molecule has 0 amide bonds. The number of morpholine rings is 1. The Kier molecular flexibility index (Phi) is 3.18. The number of pyridine rings is 1. The molecule has 1 fully saturated rings. The molecule has 0 spiro atoms. The molecular weight excluding hydrogens is 247 g/mol. The van der Waals surface area contributed by atoms with Gasteiger partial charge in [-0.3, -0.25) is 0 Å². The zero-order valence-corrected chi connectivity index (χ0v) is 10.6. The average molecular weight is 262 g/mol. The Morgan fingerprint density at radius 3 is 3.05 bits per heavy atom. The van der Waals surface area contributed by atoms with Crippen LogP contribution in [-0.4, -0.2) is 48.0 Å². The second-order valence-electron chi connectivity index (χ2n) is 4.69. The Balaban J connectivity index is 2.07. The molecule has 0 saturated carbocycles. The molecule has 3 rings (SSSR count). The third kappa shape index (κ3) is 2.20. The van der Waals surface area contributed by atoms with E-state index in [-0.39, 0.29) is 11.7 Å². The summed E-state index contributed by atoms with van der Waals surface area (Å²) < 4.78 is 10.8. The van der Waals surface area contributed by atoms with E-state index in [0.29, 0.717) is 18.8 Å². The number of ether oxygens (including phenoxy) is 1. The molecule has 2 aromatic rings. The minimum atomic E-state index is -1.61. The van der Waals surface area contributed by atoms with Crippen LogP contribution >= 0.6 is 0 Å². The van der Waals surface area contributed by atoms with Crippen molar-refractivity contribution in [1.82, 2.24) is 4.98 Å². The van der Waals surface area contributed by atoms with Gasteiger partial charge in [0, 0.05) is 12.7 Å². The second kappa shape index (κ2) is 4.84. The van der Waals surface area contributed by atoms with E-state index in [9.17, 15) is 10.0 Å². The fourth-order valence-corrected chi connectivity index (χ4v) is 2.37. The number of fused-ring (bicyclic) bond motifs is 1. The van der Waals surface area contributed by atoms with Crippen LogP contribution in [0.5, 0.6) is 0 Å². The highest BCUT2D eigenvalue weighted by Crippen LogP contribution is 2.27. The van der Waals surface area contributed by atoms with E-state index >= 15 is 0 Å². The van der Waals surface area contributed by atoms with Gasteiger partial charge in [0.15, 0.2) is 0 Å². The van der Waals surface area contributed by atoms with Gasteiger partial charge in [0.05, 0.1) is 24.6 Å². The SMILES string of the molecule is C[C@H]1COCCN1c1nccc2oc(B(O)O)cc12. The molecule has 1 saturated heterocycles. The van der Waals surface area contributed by atoms with Crippen molar-refractivity contribution in [1.29, 1.82) is 0 Å². The third-order valence-electron chi connectivity index (χ3n) is 3.34. The molecule has 7 heteroatoms. The summed E-state index contributed by atoms with van der Waals surface area (Å²) >= 11 is 0. The van der Waals surface area contributed by atoms with Crippen LogP contribution in [0.4, 0.5) is 5.82 Å². The lowest BCUT2D eigenvalue weighted by Gasteiger charge is -2.34. The molecule has 2 N–H and O–H groups in total. The molecule has 6 nitrogen and oxygen atoms in total. The topological polar surface area (TPSA) is 79.0 Å². The standard InChI is InChI=1S/C12H15BN2O4/c1-8-7-18-5-4-15(8)12-9-6-11(13(16)17)19-10(9)2-3-14-12/h2-3,6,8,16-17H,4-5,7H2,1H3/t8-/m0/s1. The van der Waals surface area contributed by atoms with Gasteiger partial charge < -0.3 is 24.1 Å². The first-order valence-electron chi connectivity index (χ1n) is 6.26. The maximum atomic E-state index is 9.19. The van der Waals surface area contributed by atoms with E-state index in [1.54, 1.807) is 18.3 Å². The number of rotatable bonds is 2. The van der Waals surface area contributed by atoms with Crippen molar-refractivity contribution < 1.29 is 19.2 Å². The zero-order chi connectivity index (χ0) is 13.4. The molecule has 0 aromatic carbocycles. The largest absolute Gasteiger partial charge is 0.526 e. The van der Waals surface area contributed by atoms with Crippen LogP contribution in [0.15, 0.2) is 22.7 Å². The van der Waals surface area contributed by atoms with Gasteiger partial charge in [-0.05, 0) is 19.1 Å². The molecule has 0 radical (unpaired) electrons. The Morgan fingerprint density at radius 1 is 1.47 bits per heavy atom. The maximum absolute atomic E-state index is 9.19. The Bertz CT molecular complexity index is 586. The minimum absolute atomic E-state index is 0.130. The van der Waals surface area contributed by atoms with E-state index in [4.69, 9.17) is 9.15 Å². The van der Waals surface area contributed by atoms with Gasteiger partial charge >= 0.3 is 7.12 Å². The van der Waals surface area contributed by atoms with Gasteiger partial charge in [0.25, 0.3) is 0 Å². The summed E-state index contributed by atoms with van der Waals surface area (Å²) in [4.78, 5) is 6.55. The van der Waals surface area contributed by atoms with Crippen LogP contribution in [0.2, 0.25) is 0 Å². The summed E-state index contributed by atoms with van der Waals surface area (Å²) in [6, 6.07) is 3.57. The van der Waals surface area contributed by atoms with Crippen LogP contribution in [0.3, 0.4) is 0 Å². The molecule has 2 aromatic heterocycles. The molecule has 1 aliphatic heterocycles. The molecule has 0 unspecified atom stereocenters. The quantitative estimate of drug-likeness (QED) is 0.725. The normalized spacial score (nSPS) is 19.9. The Hall–Kier alpha value is -1.57. The predicted molar refractivity (Wildman–Crippen MR) is 71.5 cm³/mol.